The number of nitrogens with one attached hydrogen (secondary N) is 2. The standard InChI is InChI=1S/C27H30N6O/c1-5-21(18-13-15-20(16-14-18)26(34)33(3)4)29-24(17(2)28)25(19-9-8-10-19)32-27-30-22-11-6-7-12-23(22)31-27/h5-7,11-16H,1,8-10,28H2,2-4H3,(H2,30,31,32)/b24-17+,29-21?. The normalized spacial score (nSPS) is 14.3. The number of carbonyl (C=O) groups is 1. The molecular formula is C27H30N6O. The number of aromatic amines is 1. The summed E-state index contributed by atoms with van der Waals surface area (Å²) in [6.45, 7) is 5.81. The SMILES string of the molecule is C=CC(=N/C(C(Nc1nc2ccccc2[nH]1)=C1CCC1)=C(\C)N)c1ccc(C(=O)N(C)C)cc1. The van der Waals surface area contributed by atoms with Gasteiger partial charge in [0.25, 0.3) is 5.91 Å². The van der Waals surface area contributed by atoms with Crippen molar-refractivity contribution in [2.45, 2.75) is 26.2 Å². The van der Waals surface area contributed by atoms with Crippen LogP contribution in [0.5, 0.6) is 0 Å². The van der Waals surface area contributed by atoms with E-state index in [-0.39, 0.29) is 5.91 Å². The smallest absolute Gasteiger partial charge is 0.253 e. The molecule has 4 rings (SSSR count). The summed E-state index contributed by atoms with van der Waals surface area (Å²) < 4.78 is 0. The van der Waals surface area contributed by atoms with Crippen LogP contribution >= 0.6 is 0 Å². The first kappa shape index (κ1) is 23.0. The summed E-state index contributed by atoms with van der Waals surface area (Å²) in [4.78, 5) is 26.7. The largest absolute Gasteiger partial charge is 0.400 e. The number of nitrogens with zero attached hydrogens (tertiary/aromatic N) is 3. The fourth-order valence-corrected chi connectivity index (χ4v) is 3.78. The number of hydrogen-bond donors (Lipinski definition) is 3. The zero-order chi connectivity index (χ0) is 24.2. The highest BCUT2D eigenvalue weighted by Gasteiger charge is 2.21. The van der Waals surface area contributed by atoms with Gasteiger partial charge in [-0.1, -0.05) is 30.8 Å². The van der Waals surface area contributed by atoms with Gasteiger partial charge in [-0.3, -0.25) is 4.79 Å². The molecule has 1 heterocycles. The van der Waals surface area contributed by atoms with Gasteiger partial charge in [0, 0.05) is 30.9 Å². The molecule has 7 heteroatoms. The maximum Gasteiger partial charge on any atom is 0.253 e. The summed E-state index contributed by atoms with van der Waals surface area (Å²) >= 11 is 0. The number of allylic oxidation sites excluding steroid dienone is 3. The van der Waals surface area contributed by atoms with Crippen molar-refractivity contribution < 1.29 is 4.79 Å². The number of aromatic nitrogens is 2. The molecule has 0 unspecified atom stereocenters. The molecule has 2 aromatic carbocycles. The third kappa shape index (κ3) is 4.78. The minimum absolute atomic E-state index is 0.0472. The first-order valence-corrected chi connectivity index (χ1v) is 11.3. The molecule has 3 aromatic rings. The third-order valence-electron chi connectivity index (χ3n) is 5.81. The van der Waals surface area contributed by atoms with Gasteiger partial charge in [0.1, 0.15) is 5.70 Å². The summed E-state index contributed by atoms with van der Waals surface area (Å²) in [5.74, 6) is 0.602. The number of hydrogen-bond acceptors (Lipinski definition) is 5. The lowest BCUT2D eigenvalue weighted by Gasteiger charge is -2.24. The molecule has 0 aliphatic heterocycles. The lowest BCUT2D eigenvalue weighted by atomic mass is 9.89. The fraction of sp³-hybridized carbons (Fsp3) is 0.222. The van der Waals surface area contributed by atoms with Crippen LogP contribution in [0.4, 0.5) is 5.95 Å². The Morgan fingerprint density at radius 1 is 1.15 bits per heavy atom. The van der Waals surface area contributed by atoms with E-state index < -0.39 is 0 Å². The van der Waals surface area contributed by atoms with Crippen molar-refractivity contribution in [2.24, 2.45) is 10.7 Å². The fourth-order valence-electron chi connectivity index (χ4n) is 3.78. The predicted octanol–water partition coefficient (Wildman–Crippen LogP) is 4.98. The highest BCUT2D eigenvalue weighted by atomic mass is 16.2. The van der Waals surface area contributed by atoms with Crippen LogP contribution in [-0.2, 0) is 0 Å². The zero-order valence-electron chi connectivity index (χ0n) is 19.9. The summed E-state index contributed by atoms with van der Waals surface area (Å²) in [6.07, 6.45) is 4.81. The van der Waals surface area contributed by atoms with Crippen molar-refractivity contribution in [2.75, 3.05) is 19.4 Å². The molecular weight excluding hydrogens is 424 g/mol. The van der Waals surface area contributed by atoms with Crippen molar-refractivity contribution in [1.82, 2.24) is 14.9 Å². The van der Waals surface area contributed by atoms with Crippen LogP contribution in [0.15, 0.2) is 88.8 Å². The Kier molecular flexibility index (Phi) is 6.63. The molecule has 0 bridgehead atoms. The molecule has 34 heavy (non-hydrogen) atoms. The van der Waals surface area contributed by atoms with E-state index in [4.69, 9.17) is 10.7 Å². The van der Waals surface area contributed by atoms with Crippen LogP contribution in [-0.4, -0.2) is 40.6 Å². The summed E-state index contributed by atoms with van der Waals surface area (Å²) in [5, 5.41) is 3.45. The number of carbonyl (C=O) groups excluding carboxylic acids is 1. The Labute approximate surface area is 199 Å². The second-order valence-electron chi connectivity index (χ2n) is 8.57. The monoisotopic (exact) mass is 454 g/mol. The number of amides is 1. The van der Waals surface area contributed by atoms with Gasteiger partial charge in [0.15, 0.2) is 0 Å². The lowest BCUT2D eigenvalue weighted by Crippen LogP contribution is -2.21. The van der Waals surface area contributed by atoms with Crippen LogP contribution < -0.4 is 11.1 Å². The highest BCUT2D eigenvalue weighted by Crippen LogP contribution is 2.34. The van der Waals surface area contributed by atoms with Gasteiger partial charge in [-0.25, -0.2) is 9.98 Å². The first-order chi connectivity index (χ1) is 16.4. The summed E-state index contributed by atoms with van der Waals surface area (Å²) in [6, 6.07) is 15.3. The molecule has 174 valence electrons. The molecule has 1 amide bonds. The van der Waals surface area contributed by atoms with E-state index in [1.807, 2.05) is 43.3 Å². The Bertz CT molecular complexity index is 1280. The molecule has 0 radical (unpaired) electrons. The number of rotatable bonds is 7. The molecule has 0 atom stereocenters. The minimum Gasteiger partial charge on any atom is -0.400 e. The molecule has 1 fully saturated rings. The molecule has 1 saturated carbocycles. The van der Waals surface area contributed by atoms with E-state index >= 15 is 0 Å². The number of aliphatic imine (C=N–C) groups is 1. The Hall–Kier alpha value is -4.13. The average Bonchev–Trinajstić information content (AvgIpc) is 3.20. The molecule has 1 aliphatic rings. The number of benzene rings is 2. The van der Waals surface area contributed by atoms with Crippen LogP contribution in [0.1, 0.15) is 42.1 Å². The molecule has 0 spiro atoms. The molecule has 7 nitrogen and oxygen atoms in total. The van der Waals surface area contributed by atoms with Crippen molar-refractivity contribution in [3.63, 3.8) is 0 Å². The van der Waals surface area contributed by atoms with E-state index in [0.717, 1.165) is 41.6 Å². The topological polar surface area (TPSA) is 99.4 Å². The Balaban J connectivity index is 1.70. The van der Waals surface area contributed by atoms with Gasteiger partial charge in [-0.15, -0.1) is 0 Å². The predicted molar refractivity (Wildman–Crippen MR) is 139 cm³/mol. The molecule has 0 saturated heterocycles. The third-order valence-corrected chi connectivity index (χ3v) is 5.81. The van der Waals surface area contributed by atoms with E-state index in [1.165, 1.54) is 5.57 Å². The van der Waals surface area contributed by atoms with E-state index in [0.29, 0.717) is 28.6 Å². The van der Waals surface area contributed by atoms with Crippen molar-refractivity contribution in [3.05, 3.63) is 95.0 Å². The van der Waals surface area contributed by atoms with Gasteiger partial charge in [-0.2, -0.15) is 0 Å². The van der Waals surface area contributed by atoms with Crippen LogP contribution in [0.2, 0.25) is 0 Å². The van der Waals surface area contributed by atoms with E-state index in [9.17, 15) is 4.79 Å². The van der Waals surface area contributed by atoms with Crippen molar-refractivity contribution in [1.29, 1.82) is 0 Å². The summed E-state index contributed by atoms with van der Waals surface area (Å²) in [5.41, 5.74) is 13.7. The van der Waals surface area contributed by atoms with Gasteiger partial charge in [0.05, 0.1) is 22.4 Å². The molecule has 1 aliphatic carbocycles. The number of para-hydroxylation sites is 2. The molecule has 4 N–H and O–H groups in total. The summed E-state index contributed by atoms with van der Waals surface area (Å²) in [7, 11) is 3.47. The zero-order valence-corrected chi connectivity index (χ0v) is 19.9. The number of imidazole rings is 1. The van der Waals surface area contributed by atoms with Crippen molar-refractivity contribution >= 4 is 28.6 Å². The lowest BCUT2D eigenvalue weighted by molar-refractivity contribution is 0.0827. The van der Waals surface area contributed by atoms with Crippen LogP contribution in [0.3, 0.4) is 0 Å². The maximum atomic E-state index is 12.2. The van der Waals surface area contributed by atoms with Gasteiger partial charge in [-0.05, 0) is 62.1 Å². The molecule has 1 aromatic heterocycles. The van der Waals surface area contributed by atoms with Gasteiger partial charge >= 0.3 is 0 Å². The Morgan fingerprint density at radius 2 is 1.82 bits per heavy atom. The van der Waals surface area contributed by atoms with Gasteiger partial charge < -0.3 is 20.9 Å². The number of fused-ring (bicyclic) bond motifs is 1. The average molecular weight is 455 g/mol. The van der Waals surface area contributed by atoms with Gasteiger partial charge in [0.2, 0.25) is 5.95 Å². The minimum atomic E-state index is -0.0472. The number of H-pyrrole nitrogens is 1. The number of nitrogens with two attached hydrogens (primary N) is 1. The second-order valence-corrected chi connectivity index (χ2v) is 8.57. The number of anilines is 1. The first-order valence-electron chi connectivity index (χ1n) is 11.3. The van der Waals surface area contributed by atoms with E-state index in [1.54, 1.807) is 37.2 Å². The Morgan fingerprint density at radius 3 is 2.38 bits per heavy atom. The van der Waals surface area contributed by atoms with E-state index in [2.05, 4.69) is 21.9 Å². The second kappa shape index (κ2) is 9.79. The van der Waals surface area contributed by atoms with Crippen molar-refractivity contribution in [3.8, 4) is 0 Å². The highest BCUT2D eigenvalue weighted by molar-refractivity contribution is 6.09. The van der Waals surface area contributed by atoms with Crippen LogP contribution in [0, 0.1) is 0 Å². The van der Waals surface area contributed by atoms with Crippen LogP contribution in [0.25, 0.3) is 11.0 Å². The maximum absolute atomic E-state index is 12.2. The quantitative estimate of drug-likeness (QED) is 0.438.